The summed E-state index contributed by atoms with van der Waals surface area (Å²) in [6.07, 6.45) is 0. The third-order valence-electron chi connectivity index (χ3n) is 2.84. The van der Waals surface area contributed by atoms with Crippen molar-refractivity contribution >= 4 is 22.1 Å². The number of nitrogens with zero attached hydrogens (tertiary/aromatic N) is 2. The van der Waals surface area contributed by atoms with E-state index in [1.54, 1.807) is 11.3 Å². The summed E-state index contributed by atoms with van der Waals surface area (Å²) in [6, 6.07) is 10.5. The van der Waals surface area contributed by atoms with Gasteiger partial charge in [0.1, 0.15) is 5.69 Å². The van der Waals surface area contributed by atoms with Crippen molar-refractivity contribution in [3.05, 3.63) is 47.0 Å². The molecule has 0 atom stereocenters. The second-order valence-corrected chi connectivity index (χ2v) is 5.08. The molecule has 2 nitrogen and oxygen atoms in total. The number of benzene rings is 1. The molecule has 17 heavy (non-hydrogen) atoms. The summed E-state index contributed by atoms with van der Waals surface area (Å²) >= 11 is 1.72. The van der Waals surface area contributed by atoms with Gasteiger partial charge in [0.05, 0.1) is 10.6 Å². The molecule has 0 spiro atoms. The highest BCUT2D eigenvalue weighted by atomic mass is 32.1. The molecule has 0 aliphatic heterocycles. The van der Waals surface area contributed by atoms with Crippen LogP contribution in [0, 0.1) is 13.8 Å². The molecule has 2 heterocycles. The second kappa shape index (κ2) is 3.93. The molecule has 3 aromatic rings. The fourth-order valence-electron chi connectivity index (χ4n) is 1.98. The van der Waals surface area contributed by atoms with Gasteiger partial charge in [-0.1, -0.05) is 24.3 Å². The van der Waals surface area contributed by atoms with Crippen LogP contribution in [0.5, 0.6) is 0 Å². The molecule has 0 saturated carbocycles. The number of hydrogen-bond acceptors (Lipinski definition) is 3. The van der Waals surface area contributed by atoms with E-state index in [1.807, 2.05) is 19.1 Å². The second-order valence-electron chi connectivity index (χ2n) is 4.17. The van der Waals surface area contributed by atoms with Gasteiger partial charge in [0.25, 0.3) is 0 Å². The van der Waals surface area contributed by atoms with E-state index in [9.17, 15) is 0 Å². The first kappa shape index (κ1) is 10.4. The molecule has 0 N–H and O–H groups in total. The van der Waals surface area contributed by atoms with Gasteiger partial charge in [-0.05, 0) is 30.9 Å². The van der Waals surface area contributed by atoms with Crippen LogP contribution < -0.4 is 0 Å². The summed E-state index contributed by atoms with van der Waals surface area (Å²) < 4.78 is 0. The zero-order valence-corrected chi connectivity index (χ0v) is 10.6. The lowest BCUT2D eigenvalue weighted by Gasteiger charge is -2.04. The van der Waals surface area contributed by atoms with Crippen molar-refractivity contribution in [1.82, 2.24) is 10.2 Å². The molecule has 0 saturated heterocycles. The number of thiophene rings is 1. The molecule has 0 radical (unpaired) electrons. The number of rotatable bonds is 1. The Morgan fingerprint density at radius 2 is 1.76 bits per heavy atom. The highest BCUT2D eigenvalue weighted by Gasteiger charge is 2.09. The van der Waals surface area contributed by atoms with Crippen LogP contribution in [0.25, 0.3) is 21.3 Å². The minimum Gasteiger partial charge on any atom is -0.155 e. The van der Waals surface area contributed by atoms with Crippen LogP contribution in [0.2, 0.25) is 0 Å². The number of aryl methyl sites for hydroxylation is 2. The van der Waals surface area contributed by atoms with Crippen LogP contribution in [0.1, 0.15) is 11.3 Å². The average Bonchev–Trinajstić information content (AvgIpc) is 2.77. The van der Waals surface area contributed by atoms with Crippen molar-refractivity contribution in [2.45, 2.75) is 13.8 Å². The Kier molecular flexibility index (Phi) is 2.41. The zero-order chi connectivity index (χ0) is 11.8. The Bertz CT molecular complexity index is 686. The topological polar surface area (TPSA) is 25.8 Å². The summed E-state index contributed by atoms with van der Waals surface area (Å²) in [5.74, 6) is 0. The van der Waals surface area contributed by atoms with Crippen LogP contribution in [-0.2, 0) is 0 Å². The van der Waals surface area contributed by atoms with E-state index in [0.29, 0.717) is 0 Å². The average molecular weight is 240 g/mol. The fourth-order valence-corrected chi connectivity index (χ4v) is 2.87. The van der Waals surface area contributed by atoms with Gasteiger partial charge in [-0.2, -0.15) is 5.10 Å². The van der Waals surface area contributed by atoms with Crippen LogP contribution in [0.4, 0.5) is 0 Å². The molecule has 1 aromatic carbocycles. The Labute approximate surface area is 104 Å². The quantitative estimate of drug-likeness (QED) is 0.643. The molecule has 3 heteroatoms. The molecular weight excluding hydrogens is 228 g/mol. The smallest absolute Gasteiger partial charge is 0.111 e. The molecule has 3 rings (SSSR count). The molecule has 0 bridgehead atoms. The van der Waals surface area contributed by atoms with Crippen LogP contribution >= 0.6 is 11.3 Å². The standard InChI is InChI=1S/C14H12N2S/c1-9-7-13(17-8-9)14-12-6-4-3-5-11(12)10(2)15-16-14/h3-8H,1-2H3. The minimum atomic E-state index is 0.984. The highest BCUT2D eigenvalue weighted by molar-refractivity contribution is 7.13. The van der Waals surface area contributed by atoms with Gasteiger partial charge in [0.2, 0.25) is 0 Å². The van der Waals surface area contributed by atoms with Crippen molar-refractivity contribution in [3.63, 3.8) is 0 Å². The predicted octanol–water partition coefficient (Wildman–Crippen LogP) is 3.98. The van der Waals surface area contributed by atoms with Crippen LogP contribution in [0.15, 0.2) is 35.7 Å². The van der Waals surface area contributed by atoms with E-state index in [4.69, 9.17) is 0 Å². The summed E-state index contributed by atoms with van der Waals surface area (Å²) in [7, 11) is 0. The van der Waals surface area contributed by atoms with Gasteiger partial charge in [-0.3, -0.25) is 0 Å². The summed E-state index contributed by atoms with van der Waals surface area (Å²) in [5.41, 5.74) is 3.25. The maximum Gasteiger partial charge on any atom is 0.111 e. The van der Waals surface area contributed by atoms with E-state index in [1.165, 1.54) is 21.2 Å². The Hall–Kier alpha value is -1.74. The lowest BCUT2D eigenvalue weighted by molar-refractivity contribution is 1.01. The largest absolute Gasteiger partial charge is 0.155 e. The van der Waals surface area contributed by atoms with E-state index in [0.717, 1.165) is 11.4 Å². The SMILES string of the molecule is Cc1csc(-c2nnc(C)c3ccccc23)c1. The third kappa shape index (κ3) is 1.72. The molecule has 0 fully saturated rings. The van der Waals surface area contributed by atoms with Crippen LogP contribution in [0.3, 0.4) is 0 Å². The summed E-state index contributed by atoms with van der Waals surface area (Å²) in [4.78, 5) is 1.19. The molecule has 0 aliphatic rings. The van der Waals surface area contributed by atoms with Crippen molar-refractivity contribution in [2.24, 2.45) is 0 Å². The van der Waals surface area contributed by atoms with Crippen molar-refractivity contribution in [3.8, 4) is 10.6 Å². The number of hydrogen-bond donors (Lipinski definition) is 0. The van der Waals surface area contributed by atoms with Gasteiger partial charge in [0.15, 0.2) is 0 Å². The van der Waals surface area contributed by atoms with Gasteiger partial charge < -0.3 is 0 Å². The summed E-state index contributed by atoms with van der Waals surface area (Å²) in [6.45, 7) is 4.10. The Morgan fingerprint density at radius 1 is 1.00 bits per heavy atom. The lowest BCUT2D eigenvalue weighted by atomic mass is 10.1. The fraction of sp³-hybridized carbons (Fsp3) is 0.143. The monoisotopic (exact) mass is 240 g/mol. The first-order valence-corrected chi connectivity index (χ1v) is 6.41. The van der Waals surface area contributed by atoms with E-state index in [2.05, 4.69) is 40.7 Å². The Balaban J connectivity index is 2.34. The molecule has 0 unspecified atom stereocenters. The first-order chi connectivity index (χ1) is 8.25. The maximum absolute atomic E-state index is 4.35. The van der Waals surface area contributed by atoms with Crippen molar-refractivity contribution in [1.29, 1.82) is 0 Å². The number of fused-ring (bicyclic) bond motifs is 1. The third-order valence-corrected chi connectivity index (χ3v) is 3.89. The number of aromatic nitrogens is 2. The minimum absolute atomic E-state index is 0.984. The molecule has 0 amide bonds. The molecular formula is C14H12N2S. The lowest BCUT2D eigenvalue weighted by Crippen LogP contribution is -1.92. The first-order valence-electron chi connectivity index (χ1n) is 5.53. The van der Waals surface area contributed by atoms with E-state index >= 15 is 0 Å². The maximum atomic E-state index is 4.35. The van der Waals surface area contributed by atoms with E-state index < -0.39 is 0 Å². The van der Waals surface area contributed by atoms with Gasteiger partial charge in [-0.25, -0.2) is 0 Å². The van der Waals surface area contributed by atoms with Gasteiger partial charge >= 0.3 is 0 Å². The van der Waals surface area contributed by atoms with Crippen molar-refractivity contribution < 1.29 is 0 Å². The molecule has 0 aliphatic carbocycles. The summed E-state index contributed by atoms with van der Waals surface area (Å²) in [5, 5.41) is 13.1. The Morgan fingerprint density at radius 3 is 2.47 bits per heavy atom. The normalized spacial score (nSPS) is 10.9. The molecule has 84 valence electrons. The molecule has 2 aromatic heterocycles. The zero-order valence-electron chi connectivity index (χ0n) is 9.77. The van der Waals surface area contributed by atoms with Gasteiger partial charge in [0, 0.05) is 10.8 Å². The van der Waals surface area contributed by atoms with Gasteiger partial charge in [-0.15, -0.1) is 16.4 Å². The van der Waals surface area contributed by atoms with E-state index in [-0.39, 0.29) is 0 Å². The van der Waals surface area contributed by atoms with Crippen LogP contribution in [-0.4, -0.2) is 10.2 Å². The van der Waals surface area contributed by atoms with Crippen molar-refractivity contribution in [2.75, 3.05) is 0 Å². The highest BCUT2D eigenvalue weighted by Crippen LogP contribution is 2.31. The predicted molar refractivity (Wildman–Crippen MR) is 72.3 cm³/mol.